The minimum Gasteiger partial charge on any atom is -0.339 e. The fourth-order valence-corrected chi connectivity index (χ4v) is 3.72. The topological polar surface area (TPSA) is 62.3 Å². The third-order valence-corrected chi connectivity index (χ3v) is 5.18. The normalized spacial score (nSPS) is 13.7. The Labute approximate surface area is 158 Å². The van der Waals surface area contributed by atoms with Crippen molar-refractivity contribution in [1.29, 1.82) is 0 Å². The Morgan fingerprint density at radius 2 is 1.81 bits per heavy atom. The van der Waals surface area contributed by atoms with Crippen LogP contribution < -0.4 is 5.32 Å². The van der Waals surface area contributed by atoms with E-state index in [2.05, 4.69) is 16.4 Å². The van der Waals surface area contributed by atoms with Crippen LogP contribution in [-0.2, 0) is 4.79 Å². The number of nitrogens with zero attached hydrogens (tertiary/aromatic N) is 2. The van der Waals surface area contributed by atoms with E-state index in [9.17, 15) is 9.59 Å². The first-order valence-electron chi connectivity index (χ1n) is 8.77. The van der Waals surface area contributed by atoms with E-state index in [0.29, 0.717) is 5.56 Å². The first kappa shape index (κ1) is 18.5. The van der Waals surface area contributed by atoms with Crippen molar-refractivity contribution in [2.24, 2.45) is 0 Å². The molecule has 3 rings (SSSR count). The molecule has 1 N–H and O–H groups in total. The van der Waals surface area contributed by atoms with Gasteiger partial charge in [-0.25, -0.2) is 4.98 Å². The smallest absolute Gasteiger partial charge is 0.255 e. The van der Waals surface area contributed by atoms with E-state index in [1.807, 2.05) is 30.9 Å². The van der Waals surface area contributed by atoms with E-state index in [0.717, 1.165) is 47.8 Å². The lowest BCUT2D eigenvalue weighted by Crippen LogP contribution is -2.27. The molecule has 1 aromatic heterocycles. The highest BCUT2D eigenvalue weighted by Gasteiger charge is 2.19. The number of nitrogens with one attached hydrogen (secondary N) is 1. The van der Waals surface area contributed by atoms with Gasteiger partial charge in [-0.05, 0) is 62.1 Å². The molecule has 0 bridgehead atoms. The first-order valence-corrected chi connectivity index (χ1v) is 9.76. The second-order valence-corrected chi connectivity index (χ2v) is 7.59. The van der Waals surface area contributed by atoms with Gasteiger partial charge in [-0.3, -0.25) is 9.59 Å². The zero-order valence-corrected chi connectivity index (χ0v) is 15.9. The van der Waals surface area contributed by atoms with E-state index >= 15 is 0 Å². The number of hydrogen-bond acceptors (Lipinski definition) is 4. The third kappa shape index (κ3) is 4.85. The molecule has 0 unspecified atom stereocenters. The lowest BCUT2D eigenvalue weighted by molar-refractivity contribution is -0.113. The molecule has 2 amide bonds. The number of anilines is 1. The summed E-state index contributed by atoms with van der Waals surface area (Å²) in [6.45, 7) is 5.67. The zero-order chi connectivity index (χ0) is 18.5. The second kappa shape index (κ2) is 8.36. The number of rotatable bonds is 5. The van der Waals surface area contributed by atoms with Gasteiger partial charge >= 0.3 is 0 Å². The summed E-state index contributed by atoms with van der Waals surface area (Å²) in [5.41, 5.74) is 3.66. The number of hydrogen-bond donors (Lipinski definition) is 1. The summed E-state index contributed by atoms with van der Waals surface area (Å²) < 4.78 is 0. The zero-order valence-electron chi connectivity index (χ0n) is 15.1. The molecule has 1 aliphatic rings. The Bertz CT molecular complexity index is 779. The summed E-state index contributed by atoms with van der Waals surface area (Å²) in [7, 11) is 0. The monoisotopic (exact) mass is 369 g/mol. The van der Waals surface area contributed by atoms with E-state index in [4.69, 9.17) is 0 Å². The molecule has 0 saturated carbocycles. The van der Waals surface area contributed by atoms with Crippen molar-refractivity contribution in [3.63, 3.8) is 0 Å². The van der Waals surface area contributed by atoms with Crippen LogP contribution in [0.3, 0.4) is 0 Å². The van der Waals surface area contributed by atoms with Gasteiger partial charge in [-0.2, -0.15) is 0 Å². The maximum absolute atomic E-state index is 12.3. The van der Waals surface area contributed by atoms with Crippen LogP contribution in [0.1, 0.15) is 34.3 Å². The molecule has 2 aromatic rings. The van der Waals surface area contributed by atoms with Crippen molar-refractivity contribution in [3.8, 4) is 0 Å². The minimum atomic E-state index is -0.0704. The predicted octanol–water partition coefficient (Wildman–Crippen LogP) is 3.67. The molecule has 5 nitrogen and oxygen atoms in total. The molecule has 1 fully saturated rings. The molecular weight excluding hydrogens is 346 g/mol. The van der Waals surface area contributed by atoms with Crippen molar-refractivity contribution < 1.29 is 9.59 Å². The Morgan fingerprint density at radius 3 is 2.42 bits per heavy atom. The number of carbonyl (C=O) groups excluding carboxylic acids is 2. The Kier molecular flexibility index (Phi) is 5.93. The number of aromatic nitrogens is 1. The number of likely N-dealkylation sites (tertiary alicyclic amines) is 1. The Hall–Kier alpha value is -2.34. The molecule has 0 radical (unpaired) electrons. The largest absolute Gasteiger partial charge is 0.339 e. The summed E-state index contributed by atoms with van der Waals surface area (Å²) >= 11 is 1.36. The highest BCUT2D eigenvalue weighted by Crippen LogP contribution is 2.19. The van der Waals surface area contributed by atoms with Gasteiger partial charge in [0.05, 0.1) is 16.3 Å². The van der Waals surface area contributed by atoms with Gasteiger partial charge in [0.2, 0.25) is 5.91 Å². The van der Waals surface area contributed by atoms with E-state index in [-0.39, 0.29) is 17.6 Å². The van der Waals surface area contributed by atoms with E-state index in [1.165, 1.54) is 11.8 Å². The van der Waals surface area contributed by atoms with Crippen LogP contribution in [0.25, 0.3) is 0 Å². The van der Waals surface area contributed by atoms with Gasteiger partial charge in [-0.15, -0.1) is 0 Å². The van der Waals surface area contributed by atoms with Crippen molar-refractivity contribution in [1.82, 2.24) is 9.88 Å². The number of aryl methyl sites for hydroxylation is 2. The van der Waals surface area contributed by atoms with Gasteiger partial charge in [-0.1, -0.05) is 17.8 Å². The molecule has 136 valence electrons. The van der Waals surface area contributed by atoms with Crippen LogP contribution in [0.2, 0.25) is 0 Å². The summed E-state index contributed by atoms with van der Waals surface area (Å²) in [4.78, 5) is 30.6. The van der Waals surface area contributed by atoms with Crippen LogP contribution in [0.4, 0.5) is 5.69 Å². The molecule has 1 aromatic carbocycles. The number of amides is 2. The summed E-state index contributed by atoms with van der Waals surface area (Å²) in [5, 5.41) is 3.65. The summed E-state index contributed by atoms with van der Waals surface area (Å²) in [6, 6.07) is 9.56. The lowest BCUT2D eigenvalue weighted by Gasteiger charge is -2.14. The van der Waals surface area contributed by atoms with E-state index < -0.39 is 0 Å². The van der Waals surface area contributed by atoms with Gasteiger partial charge in [0.1, 0.15) is 0 Å². The minimum absolute atomic E-state index is 0.0408. The molecule has 0 atom stereocenters. The Balaban J connectivity index is 1.52. The predicted molar refractivity (Wildman–Crippen MR) is 105 cm³/mol. The van der Waals surface area contributed by atoms with Crippen molar-refractivity contribution in [2.45, 2.75) is 31.7 Å². The highest BCUT2D eigenvalue weighted by atomic mass is 32.2. The number of carbonyl (C=O) groups is 2. The second-order valence-electron chi connectivity index (χ2n) is 6.60. The van der Waals surface area contributed by atoms with Gasteiger partial charge in [0, 0.05) is 25.0 Å². The van der Waals surface area contributed by atoms with Crippen molar-refractivity contribution >= 4 is 29.3 Å². The Morgan fingerprint density at radius 1 is 1.12 bits per heavy atom. The van der Waals surface area contributed by atoms with Crippen molar-refractivity contribution in [3.05, 3.63) is 53.2 Å². The number of pyridine rings is 1. The molecule has 26 heavy (non-hydrogen) atoms. The van der Waals surface area contributed by atoms with Crippen LogP contribution in [-0.4, -0.2) is 40.5 Å². The van der Waals surface area contributed by atoms with Crippen LogP contribution in [0, 0.1) is 13.8 Å². The average Bonchev–Trinajstić information content (AvgIpc) is 3.13. The maximum Gasteiger partial charge on any atom is 0.255 e. The highest BCUT2D eigenvalue weighted by molar-refractivity contribution is 7.99. The van der Waals surface area contributed by atoms with Gasteiger partial charge in [0.25, 0.3) is 5.91 Å². The first-order chi connectivity index (χ1) is 12.5. The quantitative estimate of drug-likeness (QED) is 0.817. The lowest BCUT2D eigenvalue weighted by atomic mass is 10.1. The number of thioether (sulfide) groups is 1. The molecule has 2 heterocycles. The molecule has 0 aliphatic carbocycles. The molecule has 1 aliphatic heterocycles. The van der Waals surface area contributed by atoms with Crippen LogP contribution >= 0.6 is 11.8 Å². The van der Waals surface area contributed by atoms with Gasteiger partial charge in [0.15, 0.2) is 0 Å². The fourth-order valence-electron chi connectivity index (χ4n) is 3.08. The molecule has 6 heteroatoms. The van der Waals surface area contributed by atoms with Crippen LogP contribution in [0.5, 0.6) is 0 Å². The fraction of sp³-hybridized carbons (Fsp3) is 0.350. The third-order valence-electron chi connectivity index (χ3n) is 4.23. The molecule has 1 saturated heterocycles. The number of benzene rings is 1. The van der Waals surface area contributed by atoms with Crippen LogP contribution in [0.15, 0.2) is 41.6 Å². The maximum atomic E-state index is 12.3. The van der Waals surface area contributed by atoms with Gasteiger partial charge < -0.3 is 10.2 Å². The van der Waals surface area contributed by atoms with Crippen molar-refractivity contribution in [2.75, 3.05) is 24.2 Å². The molecule has 0 spiro atoms. The molecular formula is C20H23N3O2S. The summed E-state index contributed by atoms with van der Waals surface area (Å²) in [6.07, 6.45) is 3.75. The average molecular weight is 369 g/mol. The standard InChI is InChI=1S/C20H23N3O2S/c1-14-9-15(2)11-17(10-14)22-18(24)13-26-19-6-5-16(12-21-19)20(25)23-7-3-4-8-23/h5-6,9-12H,3-4,7-8,13H2,1-2H3,(H,22,24). The van der Waals surface area contributed by atoms with E-state index in [1.54, 1.807) is 18.3 Å². The SMILES string of the molecule is Cc1cc(C)cc(NC(=O)CSc2ccc(C(=O)N3CCCC3)cn2)c1. The summed E-state index contributed by atoms with van der Waals surface area (Å²) in [5.74, 6) is 0.248.